The van der Waals surface area contributed by atoms with Crippen molar-refractivity contribution in [3.8, 4) is 11.5 Å². The smallest absolute Gasteiger partial charge is 0.255 e. The van der Waals surface area contributed by atoms with Gasteiger partial charge >= 0.3 is 0 Å². The van der Waals surface area contributed by atoms with Gasteiger partial charge < -0.3 is 15.2 Å². The number of anilines is 1. The van der Waals surface area contributed by atoms with Crippen molar-refractivity contribution in [1.29, 1.82) is 0 Å². The fourth-order valence-electron chi connectivity index (χ4n) is 3.00. The molecule has 30 heavy (non-hydrogen) atoms. The molecule has 0 heterocycles. The minimum Gasteiger partial charge on any atom is -0.507 e. The number of aryl methyl sites for hydroxylation is 2. The molecule has 0 aliphatic heterocycles. The van der Waals surface area contributed by atoms with E-state index in [1.54, 1.807) is 36.4 Å². The molecule has 0 bridgehead atoms. The van der Waals surface area contributed by atoms with Gasteiger partial charge in [-0.15, -0.1) is 0 Å². The zero-order valence-corrected chi connectivity index (χ0v) is 17.1. The first-order valence-electron chi connectivity index (χ1n) is 9.45. The Bertz CT molecular complexity index is 1110. The summed E-state index contributed by atoms with van der Waals surface area (Å²) in [6, 6.07) is 17.3. The molecule has 0 aliphatic carbocycles. The number of benzene rings is 3. The number of hydrogen-bond donors (Lipinski definition) is 2. The Balaban J connectivity index is 1.68. The number of ether oxygens (including phenoxy) is 1. The lowest BCUT2D eigenvalue weighted by atomic mass is 10.1. The highest BCUT2D eigenvalue weighted by molar-refractivity contribution is 6.09. The number of hydrogen-bond acceptors (Lipinski definition) is 4. The van der Waals surface area contributed by atoms with Gasteiger partial charge in [-0.1, -0.05) is 35.9 Å². The van der Waals surface area contributed by atoms with Crippen LogP contribution in [0.3, 0.4) is 0 Å². The summed E-state index contributed by atoms with van der Waals surface area (Å²) in [6.07, 6.45) is 3.02. The molecule has 0 atom stereocenters. The van der Waals surface area contributed by atoms with E-state index in [4.69, 9.17) is 4.74 Å². The highest BCUT2D eigenvalue weighted by Gasteiger charge is 2.10. The Kier molecular flexibility index (Phi) is 6.32. The number of phenols is 1. The molecule has 0 saturated carbocycles. The number of allylic oxidation sites excluding steroid dienone is 1. The molecule has 0 spiro atoms. The number of nitrogens with one attached hydrogen (secondary N) is 1. The second-order valence-corrected chi connectivity index (χ2v) is 6.98. The predicted octanol–water partition coefficient (Wildman–Crippen LogP) is 5.17. The molecule has 5 heteroatoms. The summed E-state index contributed by atoms with van der Waals surface area (Å²) in [6.45, 7) is 3.96. The van der Waals surface area contributed by atoms with Gasteiger partial charge in [0.1, 0.15) is 11.5 Å². The van der Waals surface area contributed by atoms with Gasteiger partial charge in [0.15, 0.2) is 5.78 Å². The van der Waals surface area contributed by atoms with Crippen LogP contribution in [0.5, 0.6) is 11.5 Å². The Labute approximate surface area is 175 Å². The summed E-state index contributed by atoms with van der Waals surface area (Å²) >= 11 is 0. The molecule has 0 fully saturated rings. The Hall–Kier alpha value is -3.86. The zero-order valence-electron chi connectivity index (χ0n) is 17.1. The van der Waals surface area contributed by atoms with Crippen molar-refractivity contribution in [1.82, 2.24) is 0 Å². The van der Waals surface area contributed by atoms with Gasteiger partial charge in [0.25, 0.3) is 5.91 Å². The number of ketones is 1. The van der Waals surface area contributed by atoms with Crippen LogP contribution in [0, 0.1) is 13.8 Å². The molecular weight excluding hydrogens is 378 g/mol. The zero-order chi connectivity index (χ0) is 21.7. The number of aromatic hydroxyl groups is 1. The minimum absolute atomic E-state index is 0.137. The maximum Gasteiger partial charge on any atom is 0.255 e. The van der Waals surface area contributed by atoms with Crippen LogP contribution in [0.4, 0.5) is 5.69 Å². The summed E-state index contributed by atoms with van der Waals surface area (Å²) in [7, 11) is 1.49. The SMILES string of the molecule is COc1ccc(C(=O)/C=C/c2ccc(C(=O)Nc3ccc(C)cc3C)cc2)c(O)c1. The fraction of sp³-hybridized carbons (Fsp3) is 0.120. The van der Waals surface area contributed by atoms with Crippen molar-refractivity contribution in [3.63, 3.8) is 0 Å². The number of amides is 1. The van der Waals surface area contributed by atoms with Gasteiger partial charge in [-0.2, -0.15) is 0 Å². The lowest BCUT2D eigenvalue weighted by Gasteiger charge is -2.09. The molecule has 0 radical (unpaired) electrons. The van der Waals surface area contributed by atoms with E-state index in [1.165, 1.54) is 25.3 Å². The molecule has 3 aromatic rings. The highest BCUT2D eigenvalue weighted by Crippen LogP contribution is 2.24. The van der Waals surface area contributed by atoms with E-state index in [1.807, 2.05) is 32.0 Å². The Morgan fingerprint density at radius 2 is 1.70 bits per heavy atom. The Morgan fingerprint density at radius 3 is 2.33 bits per heavy atom. The first-order chi connectivity index (χ1) is 14.4. The first kappa shape index (κ1) is 20.9. The minimum atomic E-state index is -0.327. The molecule has 0 saturated heterocycles. The van der Waals surface area contributed by atoms with Crippen molar-refractivity contribution in [3.05, 3.63) is 94.6 Å². The van der Waals surface area contributed by atoms with Crippen LogP contribution in [-0.4, -0.2) is 23.9 Å². The van der Waals surface area contributed by atoms with Crippen molar-refractivity contribution >= 4 is 23.5 Å². The number of rotatable bonds is 6. The van der Waals surface area contributed by atoms with Crippen molar-refractivity contribution < 1.29 is 19.4 Å². The Morgan fingerprint density at radius 1 is 0.967 bits per heavy atom. The maximum absolute atomic E-state index is 12.5. The standard InChI is InChI=1S/C25H23NO4/c1-16-4-12-22(17(2)14-16)26-25(29)19-8-5-18(6-9-19)7-13-23(27)21-11-10-20(30-3)15-24(21)28/h4-15,28H,1-3H3,(H,26,29)/b13-7+. The van der Waals surface area contributed by atoms with Crippen LogP contribution in [0.25, 0.3) is 6.08 Å². The average Bonchev–Trinajstić information content (AvgIpc) is 2.74. The van der Waals surface area contributed by atoms with Gasteiger partial charge in [0.05, 0.1) is 12.7 Å². The molecule has 0 unspecified atom stereocenters. The average molecular weight is 401 g/mol. The third-order valence-corrected chi connectivity index (χ3v) is 4.70. The molecule has 0 aromatic heterocycles. The molecule has 152 valence electrons. The molecule has 3 aromatic carbocycles. The molecule has 2 N–H and O–H groups in total. The molecule has 0 aliphatic rings. The fourth-order valence-corrected chi connectivity index (χ4v) is 3.00. The summed E-state index contributed by atoms with van der Waals surface area (Å²) < 4.78 is 5.02. The summed E-state index contributed by atoms with van der Waals surface area (Å²) in [5, 5.41) is 12.9. The van der Waals surface area contributed by atoms with Gasteiger partial charge in [0, 0.05) is 17.3 Å². The van der Waals surface area contributed by atoms with Crippen LogP contribution in [0.1, 0.15) is 37.4 Å². The second-order valence-electron chi connectivity index (χ2n) is 6.98. The third-order valence-electron chi connectivity index (χ3n) is 4.70. The normalized spacial score (nSPS) is 10.8. The maximum atomic E-state index is 12.5. The highest BCUT2D eigenvalue weighted by atomic mass is 16.5. The van der Waals surface area contributed by atoms with E-state index in [0.29, 0.717) is 11.3 Å². The van der Waals surface area contributed by atoms with Crippen LogP contribution in [0.15, 0.2) is 66.7 Å². The molecular formula is C25H23NO4. The first-order valence-corrected chi connectivity index (χ1v) is 9.45. The topological polar surface area (TPSA) is 75.6 Å². The van der Waals surface area contributed by atoms with E-state index in [0.717, 1.165) is 22.4 Å². The molecule has 1 amide bonds. The summed E-state index contributed by atoms with van der Waals surface area (Å²) in [5.74, 6) is -0.186. The van der Waals surface area contributed by atoms with E-state index in [-0.39, 0.29) is 23.0 Å². The van der Waals surface area contributed by atoms with Gasteiger partial charge in [-0.3, -0.25) is 9.59 Å². The van der Waals surface area contributed by atoms with E-state index < -0.39 is 0 Å². The number of carbonyl (C=O) groups is 2. The van der Waals surface area contributed by atoms with Crippen LogP contribution in [0.2, 0.25) is 0 Å². The molecule has 5 nitrogen and oxygen atoms in total. The quantitative estimate of drug-likeness (QED) is 0.442. The monoisotopic (exact) mass is 401 g/mol. The largest absolute Gasteiger partial charge is 0.507 e. The van der Waals surface area contributed by atoms with Crippen LogP contribution < -0.4 is 10.1 Å². The summed E-state index contributed by atoms with van der Waals surface area (Å²) in [4.78, 5) is 24.8. The third kappa shape index (κ3) is 4.94. The van der Waals surface area contributed by atoms with Gasteiger partial charge in [-0.25, -0.2) is 0 Å². The number of carbonyl (C=O) groups excluding carboxylic acids is 2. The summed E-state index contributed by atoms with van der Waals surface area (Å²) in [5.41, 5.74) is 4.39. The number of phenolic OH excluding ortho intramolecular Hbond substituents is 1. The van der Waals surface area contributed by atoms with Crippen molar-refractivity contribution in [2.24, 2.45) is 0 Å². The van der Waals surface area contributed by atoms with Crippen molar-refractivity contribution in [2.75, 3.05) is 12.4 Å². The van der Waals surface area contributed by atoms with E-state index >= 15 is 0 Å². The second kappa shape index (κ2) is 9.09. The van der Waals surface area contributed by atoms with E-state index in [2.05, 4.69) is 5.32 Å². The lowest BCUT2D eigenvalue weighted by Crippen LogP contribution is -2.12. The van der Waals surface area contributed by atoms with Crippen molar-refractivity contribution in [2.45, 2.75) is 13.8 Å². The predicted molar refractivity (Wildman–Crippen MR) is 118 cm³/mol. The lowest BCUT2D eigenvalue weighted by molar-refractivity contribution is 0.102. The van der Waals surface area contributed by atoms with E-state index in [9.17, 15) is 14.7 Å². The molecule has 3 rings (SSSR count). The number of methoxy groups -OCH3 is 1. The van der Waals surface area contributed by atoms with Gasteiger partial charge in [0.2, 0.25) is 0 Å². The van der Waals surface area contributed by atoms with Crippen LogP contribution in [-0.2, 0) is 0 Å². The van der Waals surface area contributed by atoms with Gasteiger partial charge in [-0.05, 0) is 61.4 Å². The van der Waals surface area contributed by atoms with Crippen LogP contribution >= 0.6 is 0 Å².